The molecule has 2 aliphatic heterocycles. The van der Waals surface area contributed by atoms with Crippen LogP contribution in [0.5, 0.6) is 0 Å². The first-order valence-corrected chi connectivity index (χ1v) is 6.22. The molecule has 2 aliphatic rings. The quantitative estimate of drug-likeness (QED) is 0.744. The van der Waals surface area contributed by atoms with E-state index in [1.165, 1.54) is 0 Å². The van der Waals surface area contributed by atoms with Crippen molar-refractivity contribution in [2.24, 2.45) is 11.7 Å². The molecule has 5 heteroatoms. The third-order valence-electron chi connectivity index (χ3n) is 3.23. The van der Waals surface area contributed by atoms with Crippen molar-refractivity contribution >= 4 is 6.09 Å². The normalized spacial score (nSPS) is 32.7. The van der Waals surface area contributed by atoms with Gasteiger partial charge in [-0.05, 0) is 27.2 Å². The van der Waals surface area contributed by atoms with E-state index in [1.807, 2.05) is 20.8 Å². The second kappa shape index (κ2) is 4.46. The van der Waals surface area contributed by atoms with Gasteiger partial charge in [-0.15, -0.1) is 0 Å². The molecule has 2 fully saturated rings. The molecule has 0 saturated carbocycles. The largest absolute Gasteiger partial charge is 0.444 e. The van der Waals surface area contributed by atoms with E-state index in [-0.39, 0.29) is 18.3 Å². The molecule has 1 amide bonds. The summed E-state index contributed by atoms with van der Waals surface area (Å²) >= 11 is 0. The molecule has 0 aromatic heterocycles. The fraction of sp³-hybridized carbons (Fsp3) is 0.917. The van der Waals surface area contributed by atoms with Crippen LogP contribution < -0.4 is 5.73 Å². The van der Waals surface area contributed by atoms with Gasteiger partial charge in [-0.3, -0.25) is 0 Å². The summed E-state index contributed by atoms with van der Waals surface area (Å²) in [7, 11) is 0. The van der Waals surface area contributed by atoms with Gasteiger partial charge < -0.3 is 20.1 Å². The van der Waals surface area contributed by atoms with Crippen LogP contribution in [0.3, 0.4) is 0 Å². The smallest absolute Gasteiger partial charge is 0.410 e. The fourth-order valence-electron chi connectivity index (χ4n) is 2.49. The molecule has 2 heterocycles. The number of likely N-dealkylation sites (tertiary alicyclic amines) is 1. The van der Waals surface area contributed by atoms with E-state index in [4.69, 9.17) is 15.2 Å². The van der Waals surface area contributed by atoms with Crippen LogP contribution in [-0.2, 0) is 9.47 Å². The van der Waals surface area contributed by atoms with E-state index >= 15 is 0 Å². The van der Waals surface area contributed by atoms with E-state index in [2.05, 4.69) is 0 Å². The molecule has 5 nitrogen and oxygen atoms in total. The summed E-state index contributed by atoms with van der Waals surface area (Å²) in [6.07, 6.45) is 1.04. The first-order chi connectivity index (χ1) is 7.89. The maximum absolute atomic E-state index is 11.9. The summed E-state index contributed by atoms with van der Waals surface area (Å²) in [4.78, 5) is 13.6. The highest BCUT2D eigenvalue weighted by Gasteiger charge is 2.43. The number of carbonyl (C=O) groups is 1. The lowest BCUT2D eigenvalue weighted by atomic mass is 10.0. The maximum Gasteiger partial charge on any atom is 0.410 e. The number of nitrogens with two attached hydrogens (primary N) is 1. The van der Waals surface area contributed by atoms with Gasteiger partial charge in [-0.25, -0.2) is 4.79 Å². The van der Waals surface area contributed by atoms with Crippen LogP contribution >= 0.6 is 0 Å². The minimum absolute atomic E-state index is 0.149. The lowest BCUT2D eigenvalue weighted by Crippen LogP contribution is -2.37. The Morgan fingerprint density at radius 1 is 1.47 bits per heavy atom. The molecule has 98 valence electrons. The Hall–Kier alpha value is -0.810. The molecule has 2 saturated heterocycles. The molecular weight excluding hydrogens is 220 g/mol. The summed E-state index contributed by atoms with van der Waals surface area (Å²) < 4.78 is 11.1. The molecule has 0 aromatic rings. The van der Waals surface area contributed by atoms with Gasteiger partial charge in [0.2, 0.25) is 0 Å². The molecule has 0 bridgehead atoms. The maximum atomic E-state index is 11.9. The average Bonchev–Trinajstić information content (AvgIpc) is 2.70. The number of rotatable bonds is 1. The molecule has 3 atom stereocenters. The Morgan fingerprint density at radius 2 is 2.18 bits per heavy atom. The van der Waals surface area contributed by atoms with Gasteiger partial charge in [0.15, 0.2) is 0 Å². The van der Waals surface area contributed by atoms with Crippen molar-refractivity contribution in [1.29, 1.82) is 0 Å². The molecule has 1 unspecified atom stereocenters. The van der Waals surface area contributed by atoms with Gasteiger partial charge in [0, 0.05) is 19.0 Å². The van der Waals surface area contributed by atoms with Gasteiger partial charge in [0.05, 0.1) is 18.8 Å². The fourth-order valence-corrected chi connectivity index (χ4v) is 2.49. The monoisotopic (exact) mass is 242 g/mol. The molecule has 17 heavy (non-hydrogen) atoms. The summed E-state index contributed by atoms with van der Waals surface area (Å²) in [6, 6.07) is 0. The van der Waals surface area contributed by atoms with Crippen LogP contribution in [0.15, 0.2) is 0 Å². The lowest BCUT2D eigenvalue weighted by molar-refractivity contribution is 0.0149. The number of fused-ring (bicyclic) bond motifs is 1. The Labute approximate surface area is 102 Å². The number of nitrogens with zero attached hydrogens (tertiary/aromatic N) is 1. The first kappa shape index (κ1) is 12.6. The van der Waals surface area contributed by atoms with E-state index in [9.17, 15) is 4.79 Å². The van der Waals surface area contributed by atoms with Gasteiger partial charge >= 0.3 is 6.09 Å². The second-order valence-electron chi connectivity index (χ2n) is 5.91. The Balaban J connectivity index is 1.86. The summed E-state index contributed by atoms with van der Waals surface area (Å²) in [5.74, 6) is 0.427. The standard InChI is InChI=1S/C12H22N2O3/c1-12(2,3)17-11(15)14-6-8-4-9(5-13)16-10(8)7-14/h8-10H,4-7,13H2,1-3H3/t8-,9?,10+/m0/s1. The molecule has 2 N–H and O–H groups in total. The van der Waals surface area contributed by atoms with Crippen molar-refractivity contribution < 1.29 is 14.3 Å². The van der Waals surface area contributed by atoms with Crippen LogP contribution in [0.4, 0.5) is 4.79 Å². The number of amides is 1. The number of hydrogen-bond acceptors (Lipinski definition) is 4. The molecular formula is C12H22N2O3. The minimum atomic E-state index is -0.435. The van der Waals surface area contributed by atoms with E-state index < -0.39 is 5.60 Å². The molecule has 0 radical (unpaired) electrons. The van der Waals surface area contributed by atoms with Crippen LogP contribution in [0, 0.1) is 5.92 Å². The van der Waals surface area contributed by atoms with Crippen molar-refractivity contribution in [3.05, 3.63) is 0 Å². The highest BCUT2D eigenvalue weighted by Crippen LogP contribution is 2.33. The van der Waals surface area contributed by atoms with E-state index in [1.54, 1.807) is 4.90 Å². The van der Waals surface area contributed by atoms with Crippen LogP contribution in [0.25, 0.3) is 0 Å². The minimum Gasteiger partial charge on any atom is -0.444 e. The second-order valence-corrected chi connectivity index (χ2v) is 5.91. The van der Waals surface area contributed by atoms with Crippen LogP contribution in [-0.4, -0.2) is 48.4 Å². The van der Waals surface area contributed by atoms with Crippen molar-refractivity contribution in [2.45, 2.75) is 45.0 Å². The number of ether oxygens (including phenoxy) is 2. The topological polar surface area (TPSA) is 64.8 Å². The molecule has 0 aromatic carbocycles. The Morgan fingerprint density at radius 3 is 2.71 bits per heavy atom. The summed E-state index contributed by atoms with van der Waals surface area (Å²) in [5.41, 5.74) is 5.15. The third-order valence-corrected chi connectivity index (χ3v) is 3.23. The zero-order valence-corrected chi connectivity index (χ0v) is 10.8. The molecule has 2 rings (SSSR count). The van der Waals surface area contributed by atoms with E-state index in [0.29, 0.717) is 19.0 Å². The predicted molar refractivity (Wildman–Crippen MR) is 63.6 cm³/mol. The van der Waals surface area contributed by atoms with Gasteiger partial charge in [0.25, 0.3) is 0 Å². The SMILES string of the molecule is CC(C)(C)OC(=O)N1C[C@@H]2CC(CN)O[C@@H]2C1. The van der Waals surface area contributed by atoms with Gasteiger partial charge in [-0.1, -0.05) is 0 Å². The van der Waals surface area contributed by atoms with Crippen molar-refractivity contribution in [1.82, 2.24) is 4.90 Å². The van der Waals surface area contributed by atoms with Crippen molar-refractivity contribution in [3.8, 4) is 0 Å². The van der Waals surface area contributed by atoms with Gasteiger partial charge in [-0.2, -0.15) is 0 Å². The number of hydrogen-bond donors (Lipinski definition) is 1. The lowest BCUT2D eigenvalue weighted by Gasteiger charge is -2.25. The zero-order chi connectivity index (χ0) is 12.6. The van der Waals surface area contributed by atoms with Crippen molar-refractivity contribution in [2.75, 3.05) is 19.6 Å². The zero-order valence-electron chi connectivity index (χ0n) is 10.8. The predicted octanol–water partition coefficient (Wildman–Crippen LogP) is 0.969. The van der Waals surface area contributed by atoms with Crippen LogP contribution in [0.2, 0.25) is 0 Å². The van der Waals surface area contributed by atoms with E-state index in [0.717, 1.165) is 13.0 Å². The Bertz CT molecular complexity index is 287. The average molecular weight is 242 g/mol. The summed E-state index contributed by atoms with van der Waals surface area (Å²) in [5, 5.41) is 0. The van der Waals surface area contributed by atoms with Crippen molar-refractivity contribution in [3.63, 3.8) is 0 Å². The Kier molecular flexibility index (Phi) is 3.32. The van der Waals surface area contributed by atoms with Crippen LogP contribution in [0.1, 0.15) is 27.2 Å². The molecule has 0 spiro atoms. The number of carbonyl (C=O) groups excluding carboxylic acids is 1. The van der Waals surface area contributed by atoms with Gasteiger partial charge in [0.1, 0.15) is 5.60 Å². The first-order valence-electron chi connectivity index (χ1n) is 6.22. The summed E-state index contributed by atoms with van der Waals surface area (Å²) in [6.45, 7) is 7.57. The highest BCUT2D eigenvalue weighted by atomic mass is 16.6. The highest BCUT2D eigenvalue weighted by molar-refractivity contribution is 5.68. The third kappa shape index (κ3) is 2.90. The molecule has 0 aliphatic carbocycles.